The maximum Gasteiger partial charge on any atom is 0.0931 e. The van der Waals surface area contributed by atoms with Gasteiger partial charge in [0.05, 0.1) is 17.4 Å². The second-order valence-corrected chi connectivity index (χ2v) is 3.46. The number of hydrogen-bond acceptors (Lipinski definition) is 1. The molecule has 4 heteroatoms. The lowest BCUT2D eigenvalue weighted by Crippen LogP contribution is -1.80. The molecule has 0 spiro atoms. The molecule has 0 aliphatic heterocycles. The normalized spacial score (nSPS) is 10.8. The first kappa shape index (κ1) is 8.08. The van der Waals surface area contributed by atoms with E-state index in [1.165, 1.54) is 0 Å². The first-order valence-electron chi connectivity index (χ1n) is 3.48. The molecule has 62 valence electrons. The summed E-state index contributed by atoms with van der Waals surface area (Å²) < 4.78 is 0. The third kappa shape index (κ3) is 1.23. The number of alkyl halides is 1. The average Bonchev–Trinajstić information content (AvgIpc) is 2.49. The summed E-state index contributed by atoms with van der Waals surface area (Å²) in [6, 6.07) is 3.86. The molecule has 0 aliphatic carbocycles. The van der Waals surface area contributed by atoms with Gasteiger partial charge >= 0.3 is 0 Å². The third-order valence-corrected chi connectivity index (χ3v) is 2.69. The summed E-state index contributed by atoms with van der Waals surface area (Å²) >= 11 is 9.34. The fourth-order valence-corrected chi connectivity index (χ4v) is 1.95. The van der Waals surface area contributed by atoms with Crippen LogP contribution in [-0.4, -0.2) is 9.97 Å². The highest BCUT2D eigenvalue weighted by atomic mass is 79.9. The van der Waals surface area contributed by atoms with Crippen LogP contribution in [0.5, 0.6) is 0 Å². The molecule has 0 radical (unpaired) electrons. The highest BCUT2D eigenvalue weighted by Gasteiger charge is 2.02. The molecule has 1 aromatic heterocycles. The smallest absolute Gasteiger partial charge is 0.0931 e. The molecule has 0 saturated heterocycles. The van der Waals surface area contributed by atoms with E-state index in [2.05, 4.69) is 25.9 Å². The lowest BCUT2D eigenvalue weighted by molar-refractivity contribution is 1.34. The summed E-state index contributed by atoms with van der Waals surface area (Å²) in [5.41, 5.74) is 3.01. The molecule has 2 rings (SSSR count). The molecule has 0 atom stereocenters. The molecule has 0 unspecified atom stereocenters. The zero-order valence-electron chi connectivity index (χ0n) is 6.14. The Balaban J connectivity index is 2.73. The van der Waals surface area contributed by atoms with Gasteiger partial charge in [0.1, 0.15) is 0 Å². The number of aromatic nitrogens is 2. The molecule has 2 aromatic rings. The first-order chi connectivity index (χ1) is 5.81. The number of fused-ring (bicyclic) bond motifs is 1. The lowest BCUT2D eigenvalue weighted by Gasteiger charge is -1.98. The Labute approximate surface area is 83.1 Å². The molecular weight excluding hydrogens is 239 g/mol. The predicted molar refractivity (Wildman–Crippen MR) is 53.7 cm³/mol. The molecule has 0 bridgehead atoms. The number of hydrogen-bond donors (Lipinski definition) is 1. The van der Waals surface area contributed by atoms with Crippen molar-refractivity contribution in [1.29, 1.82) is 0 Å². The zero-order chi connectivity index (χ0) is 8.55. The molecule has 1 N–H and O–H groups in total. The van der Waals surface area contributed by atoms with E-state index >= 15 is 0 Å². The minimum Gasteiger partial charge on any atom is -0.345 e. The zero-order valence-corrected chi connectivity index (χ0v) is 8.48. The van der Waals surface area contributed by atoms with E-state index < -0.39 is 0 Å². The molecular formula is C8H6BrClN2. The van der Waals surface area contributed by atoms with Crippen LogP contribution in [0.1, 0.15) is 5.56 Å². The van der Waals surface area contributed by atoms with Gasteiger partial charge in [-0.2, -0.15) is 0 Å². The SMILES string of the molecule is Clc1cc2nc[nH]c2cc1CBr. The number of benzene rings is 1. The second-order valence-electron chi connectivity index (χ2n) is 2.50. The number of aromatic amines is 1. The molecule has 0 aliphatic rings. The van der Waals surface area contributed by atoms with E-state index in [-0.39, 0.29) is 0 Å². The number of imidazole rings is 1. The number of halogens is 2. The molecule has 1 heterocycles. The summed E-state index contributed by atoms with van der Waals surface area (Å²) in [6.07, 6.45) is 1.67. The van der Waals surface area contributed by atoms with Crippen LogP contribution >= 0.6 is 27.5 Å². The van der Waals surface area contributed by atoms with Gasteiger partial charge in [0.15, 0.2) is 0 Å². The lowest BCUT2D eigenvalue weighted by atomic mass is 10.2. The Morgan fingerprint density at radius 1 is 1.50 bits per heavy atom. The maximum atomic E-state index is 5.98. The molecule has 0 fully saturated rings. The van der Waals surface area contributed by atoms with Crippen LogP contribution in [0.3, 0.4) is 0 Å². The Bertz CT molecular complexity index is 410. The van der Waals surface area contributed by atoms with Gasteiger partial charge in [0, 0.05) is 10.4 Å². The first-order valence-corrected chi connectivity index (χ1v) is 4.98. The maximum absolute atomic E-state index is 5.98. The van der Waals surface area contributed by atoms with E-state index in [0.717, 1.165) is 26.9 Å². The van der Waals surface area contributed by atoms with Gasteiger partial charge in [-0.1, -0.05) is 27.5 Å². The van der Waals surface area contributed by atoms with Crippen molar-refractivity contribution in [3.05, 3.63) is 29.0 Å². The predicted octanol–water partition coefficient (Wildman–Crippen LogP) is 3.11. The number of nitrogens with zero attached hydrogens (tertiary/aromatic N) is 1. The van der Waals surface area contributed by atoms with Gasteiger partial charge in [-0.05, 0) is 17.7 Å². The van der Waals surface area contributed by atoms with Gasteiger partial charge in [-0.3, -0.25) is 0 Å². The number of nitrogens with one attached hydrogen (secondary N) is 1. The van der Waals surface area contributed by atoms with Crippen molar-refractivity contribution in [3.8, 4) is 0 Å². The summed E-state index contributed by atoms with van der Waals surface area (Å²) in [4.78, 5) is 7.13. The Hall–Kier alpha value is -0.540. The van der Waals surface area contributed by atoms with Crippen molar-refractivity contribution < 1.29 is 0 Å². The Morgan fingerprint density at radius 3 is 3.08 bits per heavy atom. The van der Waals surface area contributed by atoms with Crippen LogP contribution in [-0.2, 0) is 5.33 Å². The fraction of sp³-hybridized carbons (Fsp3) is 0.125. The van der Waals surface area contributed by atoms with Crippen LogP contribution in [0, 0.1) is 0 Å². The van der Waals surface area contributed by atoms with E-state index in [1.54, 1.807) is 6.33 Å². The molecule has 0 saturated carbocycles. The third-order valence-electron chi connectivity index (χ3n) is 1.73. The van der Waals surface area contributed by atoms with Crippen molar-refractivity contribution in [3.63, 3.8) is 0 Å². The molecule has 0 amide bonds. The standard InChI is InChI=1S/C8H6BrClN2/c9-3-5-1-7-8(2-6(5)10)12-4-11-7/h1-2,4H,3H2,(H,11,12). The van der Waals surface area contributed by atoms with Gasteiger partial charge in [0.25, 0.3) is 0 Å². The van der Waals surface area contributed by atoms with Crippen molar-refractivity contribution in [2.24, 2.45) is 0 Å². The summed E-state index contributed by atoms with van der Waals surface area (Å²) in [7, 11) is 0. The average molecular weight is 246 g/mol. The van der Waals surface area contributed by atoms with Crippen molar-refractivity contribution in [2.45, 2.75) is 5.33 Å². The Morgan fingerprint density at radius 2 is 2.33 bits per heavy atom. The highest BCUT2D eigenvalue weighted by Crippen LogP contribution is 2.23. The molecule has 12 heavy (non-hydrogen) atoms. The van der Waals surface area contributed by atoms with Gasteiger partial charge in [-0.15, -0.1) is 0 Å². The van der Waals surface area contributed by atoms with E-state index in [1.807, 2.05) is 12.1 Å². The molecule has 2 nitrogen and oxygen atoms in total. The summed E-state index contributed by atoms with van der Waals surface area (Å²) in [5, 5.41) is 1.52. The number of H-pyrrole nitrogens is 1. The van der Waals surface area contributed by atoms with E-state index in [4.69, 9.17) is 11.6 Å². The van der Waals surface area contributed by atoms with Gasteiger partial charge < -0.3 is 4.98 Å². The number of rotatable bonds is 1. The van der Waals surface area contributed by atoms with Crippen LogP contribution < -0.4 is 0 Å². The van der Waals surface area contributed by atoms with Gasteiger partial charge in [-0.25, -0.2) is 4.98 Å². The summed E-state index contributed by atoms with van der Waals surface area (Å²) in [5.74, 6) is 0. The van der Waals surface area contributed by atoms with Crippen molar-refractivity contribution in [1.82, 2.24) is 9.97 Å². The van der Waals surface area contributed by atoms with Crippen LogP contribution in [0.2, 0.25) is 5.02 Å². The quantitative estimate of drug-likeness (QED) is 0.769. The van der Waals surface area contributed by atoms with E-state index in [0.29, 0.717) is 0 Å². The van der Waals surface area contributed by atoms with E-state index in [9.17, 15) is 0 Å². The van der Waals surface area contributed by atoms with Crippen LogP contribution in [0.25, 0.3) is 11.0 Å². The largest absolute Gasteiger partial charge is 0.345 e. The topological polar surface area (TPSA) is 28.7 Å². The van der Waals surface area contributed by atoms with Crippen molar-refractivity contribution in [2.75, 3.05) is 0 Å². The minimum absolute atomic E-state index is 0.756. The van der Waals surface area contributed by atoms with Crippen LogP contribution in [0.15, 0.2) is 18.5 Å². The highest BCUT2D eigenvalue weighted by molar-refractivity contribution is 9.08. The minimum atomic E-state index is 0.756. The Kier molecular flexibility index (Phi) is 2.07. The fourth-order valence-electron chi connectivity index (χ4n) is 1.10. The van der Waals surface area contributed by atoms with Crippen molar-refractivity contribution >= 4 is 38.6 Å². The monoisotopic (exact) mass is 244 g/mol. The second kappa shape index (κ2) is 3.07. The molecule has 1 aromatic carbocycles. The van der Waals surface area contributed by atoms with Crippen LogP contribution in [0.4, 0.5) is 0 Å². The van der Waals surface area contributed by atoms with Gasteiger partial charge in [0.2, 0.25) is 0 Å². The summed E-state index contributed by atoms with van der Waals surface area (Å²) in [6.45, 7) is 0.